The maximum Gasteiger partial charge on any atom is 0.222 e. The molecular weight excluding hydrogens is 330 g/mol. The number of thioether (sulfide) groups is 1. The van der Waals surface area contributed by atoms with Crippen molar-refractivity contribution < 1.29 is 4.79 Å². The third-order valence-corrected chi connectivity index (χ3v) is 7.04. The Hall–Kier alpha value is -1.07. The third kappa shape index (κ3) is 4.98. The van der Waals surface area contributed by atoms with Crippen LogP contribution in [-0.2, 0) is 11.3 Å². The number of carbonyl (C=O) groups excluding carboxylic acids is 1. The number of amides is 1. The Bertz CT molecular complexity index is 557. The minimum absolute atomic E-state index is 0.299. The molecule has 1 atom stereocenters. The van der Waals surface area contributed by atoms with Gasteiger partial charge in [0.2, 0.25) is 5.91 Å². The predicted molar refractivity (Wildman–Crippen MR) is 105 cm³/mol. The van der Waals surface area contributed by atoms with Crippen molar-refractivity contribution in [1.82, 2.24) is 14.8 Å². The quantitative estimate of drug-likeness (QED) is 0.778. The molecule has 4 nitrogen and oxygen atoms in total. The fraction of sp³-hybridized carbons (Fsp3) is 0.700. The van der Waals surface area contributed by atoms with Crippen LogP contribution in [0.15, 0.2) is 24.4 Å². The fourth-order valence-electron chi connectivity index (χ4n) is 4.07. The monoisotopic (exact) mass is 361 g/mol. The highest BCUT2D eigenvalue weighted by atomic mass is 32.2. The van der Waals surface area contributed by atoms with E-state index in [1.165, 1.54) is 38.9 Å². The Morgan fingerprint density at radius 3 is 2.76 bits per heavy atom. The Labute approximate surface area is 156 Å². The van der Waals surface area contributed by atoms with Crippen LogP contribution in [0.4, 0.5) is 0 Å². The molecule has 3 heterocycles. The van der Waals surface area contributed by atoms with Gasteiger partial charge in [-0.3, -0.25) is 9.78 Å². The highest BCUT2D eigenvalue weighted by Crippen LogP contribution is 2.40. The molecule has 3 rings (SSSR count). The minimum atomic E-state index is 0.299. The van der Waals surface area contributed by atoms with E-state index in [1.807, 2.05) is 36.2 Å². The van der Waals surface area contributed by atoms with Crippen LogP contribution < -0.4 is 0 Å². The molecule has 0 aliphatic carbocycles. The van der Waals surface area contributed by atoms with Crippen molar-refractivity contribution in [3.05, 3.63) is 30.1 Å². The lowest BCUT2D eigenvalue weighted by Crippen LogP contribution is -2.51. The Balaban J connectivity index is 1.53. The van der Waals surface area contributed by atoms with Crippen LogP contribution in [0.25, 0.3) is 0 Å². The molecule has 2 saturated heterocycles. The minimum Gasteiger partial charge on any atom is -0.336 e. The van der Waals surface area contributed by atoms with E-state index in [-0.39, 0.29) is 0 Å². The van der Waals surface area contributed by atoms with Gasteiger partial charge in [0.25, 0.3) is 0 Å². The van der Waals surface area contributed by atoms with Crippen LogP contribution in [0.2, 0.25) is 0 Å². The Morgan fingerprint density at radius 2 is 2.08 bits per heavy atom. The average molecular weight is 362 g/mol. The van der Waals surface area contributed by atoms with Gasteiger partial charge < -0.3 is 9.80 Å². The molecule has 1 amide bonds. The van der Waals surface area contributed by atoms with Gasteiger partial charge in [0.15, 0.2) is 0 Å². The average Bonchev–Trinajstić information content (AvgIpc) is 2.65. The summed E-state index contributed by atoms with van der Waals surface area (Å²) in [5.74, 6) is 0.299. The van der Waals surface area contributed by atoms with Crippen molar-refractivity contribution in [3.8, 4) is 0 Å². The molecule has 0 saturated carbocycles. The molecular formula is C20H31N3OS. The molecule has 0 N–H and O–H groups in total. The lowest BCUT2D eigenvalue weighted by Gasteiger charge is -2.47. The first kappa shape index (κ1) is 18.7. The molecule has 0 aromatic carbocycles. The van der Waals surface area contributed by atoms with Crippen molar-refractivity contribution >= 4 is 17.7 Å². The number of aromatic nitrogens is 1. The first-order valence-corrected chi connectivity index (χ1v) is 10.8. The smallest absolute Gasteiger partial charge is 0.222 e. The van der Waals surface area contributed by atoms with E-state index in [4.69, 9.17) is 0 Å². The zero-order chi connectivity index (χ0) is 17.7. The van der Waals surface area contributed by atoms with Gasteiger partial charge in [-0.25, -0.2) is 0 Å². The SMILES string of the molecule is CS[C@H](C)CCN1CCC2(CCC(=O)N(Cc3ccccn3)C2)CC1. The molecule has 2 fully saturated rings. The number of carbonyl (C=O) groups is 1. The maximum atomic E-state index is 12.4. The molecule has 0 bridgehead atoms. The molecule has 2 aliphatic heterocycles. The summed E-state index contributed by atoms with van der Waals surface area (Å²) in [6.07, 6.45) is 9.52. The zero-order valence-corrected chi connectivity index (χ0v) is 16.4. The second-order valence-corrected chi connectivity index (χ2v) is 9.02. The van der Waals surface area contributed by atoms with E-state index in [0.29, 0.717) is 24.3 Å². The maximum absolute atomic E-state index is 12.4. The molecule has 2 aliphatic rings. The Kier molecular flexibility index (Phi) is 6.39. The number of likely N-dealkylation sites (tertiary alicyclic amines) is 2. The summed E-state index contributed by atoms with van der Waals surface area (Å²) in [7, 11) is 0. The van der Waals surface area contributed by atoms with Gasteiger partial charge in [-0.15, -0.1) is 0 Å². The summed E-state index contributed by atoms with van der Waals surface area (Å²) in [5.41, 5.74) is 1.33. The van der Waals surface area contributed by atoms with E-state index in [9.17, 15) is 4.79 Å². The molecule has 1 spiro atoms. The normalized spacial score (nSPS) is 22.3. The van der Waals surface area contributed by atoms with E-state index >= 15 is 0 Å². The van der Waals surface area contributed by atoms with E-state index in [0.717, 1.165) is 23.9 Å². The first-order valence-electron chi connectivity index (χ1n) is 9.53. The molecule has 0 radical (unpaired) electrons. The van der Waals surface area contributed by atoms with Crippen LogP contribution >= 0.6 is 11.8 Å². The third-order valence-electron chi connectivity index (χ3n) is 6.00. The van der Waals surface area contributed by atoms with E-state index in [2.05, 4.69) is 28.0 Å². The lowest BCUT2D eigenvalue weighted by molar-refractivity contribution is -0.140. The molecule has 5 heteroatoms. The highest BCUT2D eigenvalue weighted by molar-refractivity contribution is 7.99. The Morgan fingerprint density at radius 1 is 1.28 bits per heavy atom. The van der Waals surface area contributed by atoms with Crippen molar-refractivity contribution in [2.75, 3.05) is 32.4 Å². The summed E-state index contributed by atoms with van der Waals surface area (Å²) in [4.78, 5) is 21.5. The summed E-state index contributed by atoms with van der Waals surface area (Å²) < 4.78 is 0. The van der Waals surface area contributed by atoms with Gasteiger partial charge in [-0.05, 0) is 69.1 Å². The van der Waals surface area contributed by atoms with Crippen molar-refractivity contribution in [3.63, 3.8) is 0 Å². The van der Waals surface area contributed by atoms with Crippen LogP contribution in [0.1, 0.15) is 44.7 Å². The fourth-order valence-corrected chi connectivity index (χ4v) is 4.42. The van der Waals surface area contributed by atoms with Crippen LogP contribution in [0.3, 0.4) is 0 Å². The largest absolute Gasteiger partial charge is 0.336 e. The number of hydrogen-bond donors (Lipinski definition) is 0. The van der Waals surface area contributed by atoms with Gasteiger partial charge in [-0.1, -0.05) is 13.0 Å². The molecule has 1 aromatic heterocycles. The summed E-state index contributed by atoms with van der Waals surface area (Å²) >= 11 is 1.96. The van der Waals surface area contributed by atoms with E-state index < -0.39 is 0 Å². The molecule has 25 heavy (non-hydrogen) atoms. The summed E-state index contributed by atoms with van der Waals surface area (Å²) in [5, 5.41) is 0.747. The molecule has 1 aromatic rings. The highest BCUT2D eigenvalue weighted by Gasteiger charge is 2.40. The van der Waals surface area contributed by atoms with Crippen molar-refractivity contribution in [2.45, 2.75) is 50.8 Å². The van der Waals surface area contributed by atoms with Gasteiger partial charge in [-0.2, -0.15) is 11.8 Å². The summed E-state index contributed by atoms with van der Waals surface area (Å²) in [6, 6.07) is 5.95. The van der Waals surface area contributed by atoms with Gasteiger partial charge in [0.05, 0.1) is 12.2 Å². The van der Waals surface area contributed by atoms with Gasteiger partial charge >= 0.3 is 0 Å². The number of pyridine rings is 1. The predicted octanol–water partition coefficient (Wildman–Crippen LogP) is 3.43. The van der Waals surface area contributed by atoms with Gasteiger partial charge in [0, 0.05) is 24.4 Å². The number of hydrogen-bond acceptors (Lipinski definition) is 4. The topological polar surface area (TPSA) is 36.4 Å². The first-order chi connectivity index (χ1) is 12.1. The van der Waals surface area contributed by atoms with E-state index in [1.54, 1.807) is 0 Å². The summed E-state index contributed by atoms with van der Waals surface area (Å²) in [6.45, 7) is 7.49. The van der Waals surface area contributed by atoms with Crippen molar-refractivity contribution in [2.24, 2.45) is 5.41 Å². The molecule has 138 valence electrons. The lowest BCUT2D eigenvalue weighted by atomic mass is 9.72. The van der Waals surface area contributed by atoms with Gasteiger partial charge in [0.1, 0.15) is 0 Å². The van der Waals surface area contributed by atoms with Crippen LogP contribution in [0, 0.1) is 5.41 Å². The number of rotatable bonds is 6. The van der Waals surface area contributed by atoms with Crippen LogP contribution in [0.5, 0.6) is 0 Å². The van der Waals surface area contributed by atoms with Crippen molar-refractivity contribution in [1.29, 1.82) is 0 Å². The second-order valence-electron chi connectivity index (χ2n) is 7.75. The zero-order valence-electron chi connectivity index (χ0n) is 15.6. The standard InChI is InChI=1S/C20H31N3OS/c1-17(25-2)7-12-22-13-9-20(10-14-22)8-6-19(24)23(16-20)15-18-5-3-4-11-21-18/h3-5,11,17H,6-10,12-16H2,1-2H3/t17-/m1/s1. The van der Waals surface area contributed by atoms with Crippen LogP contribution in [-0.4, -0.2) is 58.4 Å². The molecule has 0 unspecified atom stereocenters. The second kappa shape index (κ2) is 8.54. The number of piperidine rings is 2. The number of nitrogens with zero attached hydrogens (tertiary/aromatic N) is 3.